The Bertz CT molecular complexity index is 1580. The Morgan fingerprint density at radius 3 is 2.40 bits per heavy atom. The number of aromatic nitrogens is 6. The number of nitrogens with zero attached hydrogens (tertiary/aromatic N) is 6. The summed E-state index contributed by atoms with van der Waals surface area (Å²) in [6.07, 6.45) is 4.22. The third-order valence-electron chi connectivity index (χ3n) is 10.1. The number of aliphatic hydroxyl groups is 2. The maximum atomic E-state index is 14.7. The van der Waals surface area contributed by atoms with Gasteiger partial charge in [0.25, 0.3) is 0 Å². The molecule has 256 valence electrons. The van der Waals surface area contributed by atoms with Gasteiger partial charge in [-0.2, -0.15) is 0 Å². The van der Waals surface area contributed by atoms with Gasteiger partial charge in [-0.05, 0) is 77.8 Å². The van der Waals surface area contributed by atoms with E-state index in [1.165, 1.54) is 37.0 Å². The summed E-state index contributed by atoms with van der Waals surface area (Å²) in [6, 6.07) is 2.00. The Labute approximate surface area is 271 Å². The lowest BCUT2D eigenvalue weighted by Crippen LogP contribution is -2.58. The zero-order valence-corrected chi connectivity index (χ0v) is 27.3. The van der Waals surface area contributed by atoms with Crippen LogP contribution >= 0.6 is 0 Å². The quantitative estimate of drug-likeness (QED) is 0.327. The van der Waals surface area contributed by atoms with E-state index >= 15 is 0 Å². The summed E-state index contributed by atoms with van der Waals surface area (Å²) in [6.45, 7) is 6.74. The normalized spacial score (nSPS) is 30.8. The predicted octanol–water partition coefficient (Wildman–Crippen LogP) is 3.37. The minimum absolute atomic E-state index is 0.0667. The highest BCUT2D eigenvalue weighted by Crippen LogP contribution is 2.53. The maximum Gasteiger partial charge on any atom is 0.408 e. The number of fused-ring (bicyclic) bond motifs is 3. The fraction of sp³-hybridized carbons (Fsp3) is 0.656. The Morgan fingerprint density at radius 2 is 1.77 bits per heavy atom. The molecule has 2 aromatic heterocycles. The number of hydrogen-bond donors (Lipinski definition) is 3. The Kier molecular flexibility index (Phi) is 8.87. The number of hydrogen-bond acceptors (Lipinski definition) is 10. The Balaban J connectivity index is 1.18. The topological polar surface area (TPSA) is 159 Å². The number of alkyl carbamates (subject to hydrolysis) is 1. The van der Waals surface area contributed by atoms with Crippen LogP contribution in [-0.4, -0.2) is 95.6 Å². The SMILES string of the molecule is CO[C@@H]1[C@@H](n2cc(-c3ccc(C)c(F)c3F)nn2)[C@@H](O)[C@@H](CO)O[C@@H]1Cn1cc(C23CCC(NC(=O)OC(C)(C)C)(CC2)CC3)nn1. The zero-order valence-electron chi connectivity index (χ0n) is 27.3. The average Bonchev–Trinajstić information content (AvgIpc) is 3.71. The minimum atomic E-state index is -1.25. The monoisotopic (exact) mass is 659 g/mol. The lowest BCUT2D eigenvalue weighted by molar-refractivity contribution is -0.216. The number of amides is 1. The van der Waals surface area contributed by atoms with Crippen molar-refractivity contribution in [2.45, 2.75) is 120 Å². The number of benzene rings is 1. The first kappa shape index (κ1) is 33.4. The third kappa shape index (κ3) is 6.37. The zero-order chi connectivity index (χ0) is 33.7. The summed E-state index contributed by atoms with van der Waals surface area (Å²) in [5, 5.41) is 41.6. The molecule has 4 aliphatic rings. The van der Waals surface area contributed by atoms with Crippen LogP contribution in [0.1, 0.15) is 76.6 Å². The Hall–Kier alpha value is -3.53. The molecule has 2 bridgehead atoms. The molecule has 5 atom stereocenters. The highest BCUT2D eigenvalue weighted by atomic mass is 19.2. The number of carbonyl (C=O) groups is 1. The van der Waals surface area contributed by atoms with Gasteiger partial charge in [0.05, 0.1) is 25.0 Å². The number of methoxy groups -OCH3 is 1. The van der Waals surface area contributed by atoms with Crippen LogP contribution in [0.25, 0.3) is 11.3 Å². The maximum absolute atomic E-state index is 14.7. The molecule has 0 unspecified atom stereocenters. The molecule has 47 heavy (non-hydrogen) atoms. The second-order valence-electron chi connectivity index (χ2n) is 14.2. The lowest BCUT2D eigenvalue weighted by Gasteiger charge is -2.52. The van der Waals surface area contributed by atoms with Gasteiger partial charge in [-0.3, -0.25) is 0 Å². The van der Waals surface area contributed by atoms with Crippen molar-refractivity contribution in [1.29, 1.82) is 0 Å². The van der Waals surface area contributed by atoms with E-state index in [9.17, 15) is 23.8 Å². The minimum Gasteiger partial charge on any atom is -0.444 e. The number of halogens is 2. The fourth-order valence-corrected chi connectivity index (χ4v) is 7.39. The van der Waals surface area contributed by atoms with Crippen molar-refractivity contribution in [3.8, 4) is 11.3 Å². The van der Waals surface area contributed by atoms with Crippen molar-refractivity contribution in [2.75, 3.05) is 13.7 Å². The summed E-state index contributed by atoms with van der Waals surface area (Å²) >= 11 is 0. The fourth-order valence-electron chi connectivity index (χ4n) is 7.39. The smallest absolute Gasteiger partial charge is 0.408 e. The van der Waals surface area contributed by atoms with Crippen LogP contribution in [0.5, 0.6) is 0 Å². The largest absolute Gasteiger partial charge is 0.444 e. The van der Waals surface area contributed by atoms with E-state index in [1.54, 1.807) is 4.68 Å². The van der Waals surface area contributed by atoms with Crippen molar-refractivity contribution in [3.05, 3.63) is 47.4 Å². The second-order valence-corrected chi connectivity index (χ2v) is 14.2. The van der Waals surface area contributed by atoms with Gasteiger partial charge in [0.1, 0.15) is 41.8 Å². The van der Waals surface area contributed by atoms with Gasteiger partial charge in [-0.25, -0.2) is 22.9 Å². The third-order valence-corrected chi connectivity index (χ3v) is 10.1. The molecule has 1 aromatic carbocycles. The van der Waals surface area contributed by atoms with Crippen molar-refractivity contribution in [3.63, 3.8) is 0 Å². The van der Waals surface area contributed by atoms with Gasteiger partial charge in [0.15, 0.2) is 11.6 Å². The molecule has 0 radical (unpaired) electrons. The molecule has 15 heteroatoms. The molecule has 3 heterocycles. The van der Waals surface area contributed by atoms with E-state index in [0.29, 0.717) is 0 Å². The first-order valence-electron chi connectivity index (χ1n) is 16.0. The predicted molar refractivity (Wildman–Crippen MR) is 163 cm³/mol. The summed E-state index contributed by atoms with van der Waals surface area (Å²) in [5.74, 6) is -2.01. The summed E-state index contributed by atoms with van der Waals surface area (Å²) < 4.78 is 49.5. The van der Waals surface area contributed by atoms with E-state index in [2.05, 4.69) is 25.9 Å². The lowest BCUT2D eigenvalue weighted by atomic mass is 9.56. The van der Waals surface area contributed by atoms with Gasteiger partial charge in [0.2, 0.25) is 0 Å². The van der Waals surface area contributed by atoms with Crippen LogP contribution in [0.4, 0.5) is 13.6 Å². The van der Waals surface area contributed by atoms with E-state index in [4.69, 9.17) is 14.2 Å². The molecule has 1 saturated heterocycles. The van der Waals surface area contributed by atoms with Crippen LogP contribution in [-0.2, 0) is 26.2 Å². The average molecular weight is 660 g/mol. The molecule has 3 aromatic rings. The van der Waals surface area contributed by atoms with Crippen LogP contribution in [0.15, 0.2) is 24.5 Å². The molecule has 3 N–H and O–H groups in total. The first-order valence-corrected chi connectivity index (χ1v) is 16.0. The van der Waals surface area contributed by atoms with Crippen molar-refractivity contribution in [1.82, 2.24) is 35.3 Å². The van der Waals surface area contributed by atoms with Crippen LogP contribution < -0.4 is 5.32 Å². The summed E-state index contributed by atoms with van der Waals surface area (Å²) in [7, 11) is 1.47. The highest BCUT2D eigenvalue weighted by molar-refractivity contribution is 5.69. The second kappa shape index (κ2) is 12.5. The summed E-state index contributed by atoms with van der Waals surface area (Å²) in [5.41, 5.74) is 0.0511. The molecule has 1 amide bonds. The molecule has 1 aliphatic heterocycles. The Morgan fingerprint density at radius 1 is 1.06 bits per heavy atom. The van der Waals surface area contributed by atoms with Crippen LogP contribution in [0.2, 0.25) is 0 Å². The van der Waals surface area contributed by atoms with Gasteiger partial charge < -0.3 is 29.7 Å². The molecule has 4 fully saturated rings. The van der Waals surface area contributed by atoms with Crippen molar-refractivity contribution in [2.24, 2.45) is 0 Å². The number of nitrogens with one attached hydrogen (secondary N) is 1. The van der Waals surface area contributed by atoms with Crippen LogP contribution in [0.3, 0.4) is 0 Å². The van der Waals surface area contributed by atoms with E-state index in [1.807, 2.05) is 27.0 Å². The number of carbonyl (C=O) groups excluding carboxylic acids is 1. The van der Waals surface area contributed by atoms with E-state index < -0.39 is 54.3 Å². The van der Waals surface area contributed by atoms with E-state index in [-0.39, 0.29) is 40.4 Å². The molecule has 13 nitrogen and oxygen atoms in total. The molecular weight excluding hydrogens is 616 g/mol. The molecule has 7 rings (SSSR count). The molecule has 3 saturated carbocycles. The van der Waals surface area contributed by atoms with Crippen molar-refractivity contribution >= 4 is 6.09 Å². The van der Waals surface area contributed by atoms with E-state index in [0.717, 1.165) is 44.2 Å². The van der Waals surface area contributed by atoms with Crippen LogP contribution in [0, 0.1) is 18.6 Å². The molecule has 3 aliphatic carbocycles. The van der Waals surface area contributed by atoms with Crippen molar-refractivity contribution < 1.29 is 38.0 Å². The van der Waals surface area contributed by atoms with Gasteiger partial charge in [-0.1, -0.05) is 16.5 Å². The number of ether oxygens (including phenoxy) is 3. The van der Waals surface area contributed by atoms with Gasteiger partial charge in [-0.15, -0.1) is 10.2 Å². The first-order chi connectivity index (χ1) is 22.3. The highest BCUT2D eigenvalue weighted by Gasteiger charge is 2.52. The number of aliphatic hydroxyl groups excluding tert-OH is 2. The van der Waals surface area contributed by atoms with Gasteiger partial charge in [0, 0.05) is 29.8 Å². The molecule has 0 spiro atoms. The van der Waals surface area contributed by atoms with Gasteiger partial charge >= 0.3 is 6.09 Å². The number of aryl methyl sites for hydroxylation is 1. The summed E-state index contributed by atoms with van der Waals surface area (Å²) in [4.78, 5) is 12.5. The molecular formula is C32H43F2N7O6. The standard InChI is InChI=1S/C32H43F2N7O6/c1-18-6-7-19(25(34)24(18)33)20-14-41(39-36-20)26-27(43)22(17-42)46-21(28(26)45-5)15-40-16-23(37-38-40)31-8-11-32(12-9-31,13-10-31)35-29(44)47-30(2,3)4/h6-7,14,16,21-22,26-28,42-43H,8-13,15,17H2,1-5H3,(H,35,44)/t21-,22-,26+,27+,28+,31?,32?/m1/s1. The number of rotatable bonds is 8.